The number of amides is 1. The van der Waals surface area contributed by atoms with Crippen molar-refractivity contribution in [1.29, 1.82) is 0 Å². The minimum absolute atomic E-state index is 0.123. The second kappa shape index (κ2) is 6.84. The SMILES string of the molecule is Cc1nc2ccc(N[C@@H](C)C(=O)Nc3ccc4c(c3)OCCO4)cc2s1. The van der Waals surface area contributed by atoms with Gasteiger partial charge >= 0.3 is 0 Å². The molecule has 134 valence electrons. The van der Waals surface area contributed by atoms with Gasteiger partial charge in [0.05, 0.1) is 15.2 Å². The van der Waals surface area contributed by atoms with Crippen molar-refractivity contribution in [3.8, 4) is 11.5 Å². The lowest BCUT2D eigenvalue weighted by Gasteiger charge is -2.20. The Morgan fingerprint density at radius 1 is 1.12 bits per heavy atom. The molecule has 4 rings (SSSR count). The van der Waals surface area contributed by atoms with Crippen molar-refractivity contribution in [1.82, 2.24) is 4.98 Å². The highest BCUT2D eigenvalue weighted by Gasteiger charge is 2.16. The molecule has 1 amide bonds. The summed E-state index contributed by atoms with van der Waals surface area (Å²) in [5, 5.41) is 7.17. The van der Waals surface area contributed by atoms with Crippen molar-refractivity contribution in [2.45, 2.75) is 19.9 Å². The molecule has 2 heterocycles. The third-order valence-electron chi connectivity index (χ3n) is 4.08. The Kier molecular flexibility index (Phi) is 4.38. The number of thiazole rings is 1. The Bertz CT molecular complexity index is 970. The summed E-state index contributed by atoms with van der Waals surface area (Å²) in [4.78, 5) is 16.9. The highest BCUT2D eigenvalue weighted by atomic mass is 32.1. The Hall–Kier alpha value is -2.80. The highest BCUT2D eigenvalue weighted by Crippen LogP contribution is 2.32. The van der Waals surface area contributed by atoms with Gasteiger partial charge in [-0.05, 0) is 44.2 Å². The number of benzene rings is 2. The van der Waals surface area contributed by atoms with Crippen LogP contribution in [0.5, 0.6) is 11.5 Å². The van der Waals surface area contributed by atoms with Crippen LogP contribution >= 0.6 is 11.3 Å². The zero-order chi connectivity index (χ0) is 18.1. The monoisotopic (exact) mass is 369 g/mol. The Balaban J connectivity index is 1.43. The van der Waals surface area contributed by atoms with Crippen LogP contribution in [0.3, 0.4) is 0 Å². The zero-order valence-electron chi connectivity index (χ0n) is 14.5. The second-order valence-electron chi connectivity index (χ2n) is 6.13. The van der Waals surface area contributed by atoms with Crippen molar-refractivity contribution in [3.63, 3.8) is 0 Å². The summed E-state index contributed by atoms with van der Waals surface area (Å²) in [6, 6.07) is 10.9. The molecular formula is C19H19N3O3S. The maximum absolute atomic E-state index is 12.5. The third kappa shape index (κ3) is 3.43. The van der Waals surface area contributed by atoms with E-state index in [0.29, 0.717) is 30.4 Å². The van der Waals surface area contributed by atoms with Gasteiger partial charge in [0.2, 0.25) is 5.91 Å². The number of carbonyl (C=O) groups is 1. The van der Waals surface area contributed by atoms with E-state index in [1.54, 1.807) is 17.4 Å². The molecule has 0 spiro atoms. The summed E-state index contributed by atoms with van der Waals surface area (Å²) in [6.07, 6.45) is 0. The van der Waals surface area contributed by atoms with E-state index in [-0.39, 0.29) is 5.91 Å². The van der Waals surface area contributed by atoms with Gasteiger partial charge < -0.3 is 20.1 Å². The van der Waals surface area contributed by atoms with Gasteiger partial charge in [-0.3, -0.25) is 4.79 Å². The van der Waals surface area contributed by atoms with Crippen LogP contribution in [0.1, 0.15) is 11.9 Å². The van der Waals surface area contributed by atoms with Crippen molar-refractivity contribution in [2.24, 2.45) is 0 Å². The van der Waals surface area contributed by atoms with Crippen molar-refractivity contribution < 1.29 is 14.3 Å². The average molecular weight is 369 g/mol. The number of hydrogen-bond acceptors (Lipinski definition) is 6. The smallest absolute Gasteiger partial charge is 0.246 e. The van der Waals surface area contributed by atoms with E-state index in [0.717, 1.165) is 20.9 Å². The molecule has 1 atom stereocenters. The quantitative estimate of drug-likeness (QED) is 0.732. The fourth-order valence-electron chi connectivity index (χ4n) is 2.82. The average Bonchev–Trinajstić information content (AvgIpc) is 3.01. The number of nitrogens with one attached hydrogen (secondary N) is 2. The first-order valence-corrected chi connectivity index (χ1v) is 9.24. The van der Waals surface area contributed by atoms with E-state index in [1.807, 2.05) is 44.2 Å². The molecule has 2 N–H and O–H groups in total. The maximum Gasteiger partial charge on any atom is 0.246 e. The van der Waals surface area contributed by atoms with E-state index in [9.17, 15) is 4.79 Å². The molecule has 1 aromatic heterocycles. The van der Waals surface area contributed by atoms with Gasteiger partial charge in [-0.2, -0.15) is 0 Å². The number of anilines is 2. The van der Waals surface area contributed by atoms with Gasteiger partial charge in [-0.25, -0.2) is 4.98 Å². The molecule has 0 unspecified atom stereocenters. The summed E-state index contributed by atoms with van der Waals surface area (Å²) in [6.45, 7) is 4.88. The molecule has 0 saturated carbocycles. The topological polar surface area (TPSA) is 72.5 Å². The molecule has 0 aliphatic carbocycles. The standard InChI is InChI=1S/C19H19N3O3S/c1-11(20-14-3-5-15-18(10-14)26-12(2)21-15)19(23)22-13-4-6-16-17(9-13)25-8-7-24-16/h3-6,9-11,20H,7-8H2,1-2H3,(H,22,23)/t11-/m0/s1. The van der Waals surface area contributed by atoms with Gasteiger partial charge in [0.15, 0.2) is 11.5 Å². The highest BCUT2D eigenvalue weighted by molar-refractivity contribution is 7.18. The predicted molar refractivity (Wildman–Crippen MR) is 104 cm³/mol. The van der Waals surface area contributed by atoms with Gasteiger partial charge in [0.1, 0.15) is 19.3 Å². The van der Waals surface area contributed by atoms with Crippen LogP contribution in [0, 0.1) is 6.92 Å². The van der Waals surface area contributed by atoms with E-state index in [1.165, 1.54) is 0 Å². The zero-order valence-corrected chi connectivity index (χ0v) is 15.4. The van der Waals surface area contributed by atoms with Gasteiger partial charge in [0.25, 0.3) is 0 Å². The number of carbonyl (C=O) groups excluding carboxylic acids is 1. The van der Waals surface area contributed by atoms with Crippen molar-refractivity contribution >= 4 is 38.8 Å². The number of fused-ring (bicyclic) bond motifs is 2. The molecule has 7 heteroatoms. The Labute approximate surface area is 155 Å². The normalized spacial score (nSPS) is 14.1. The van der Waals surface area contributed by atoms with Gasteiger partial charge in [-0.15, -0.1) is 11.3 Å². The van der Waals surface area contributed by atoms with Crippen LogP contribution in [0.25, 0.3) is 10.2 Å². The summed E-state index contributed by atoms with van der Waals surface area (Å²) >= 11 is 1.64. The molecule has 0 fully saturated rings. The molecule has 3 aromatic rings. The number of rotatable bonds is 4. The summed E-state index contributed by atoms with van der Waals surface area (Å²) in [7, 11) is 0. The summed E-state index contributed by atoms with van der Waals surface area (Å²) in [5.41, 5.74) is 2.55. The predicted octanol–water partition coefficient (Wildman–Crippen LogP) is 3.82. The molecule has 26 heavy (non-hydrogen) atoms. The van der Waals surface area contributed by atoms with Gasteiger partial charge in [-0.1, -0.05) is 0 Å². The first kappa shape index (κ1) is 16.7. The van der Waals surface area contributed by atoms with Crippen LogP contribution < -0.4 is 20.1 Å². The van der Waals surface area contributed by atoms with Crippen LogP contribution in [0.4, 0.5) is 11.4 Å². The van der Waals surface area contributed by atoms with Gasteiger partial charge in [0, 0.05) is 17.4 Å². The van der Waals surface area contributed by atoms with Crippen LogP contribution in [0.15, 0.2) is 36.4 Å². The van der Waals surface area contributed by atoms with Crippen LogP contribution in [-0.4, -0.2) is 30.1 Å². The van der Waals surface area contributed by atoms with E-state index in [4.69, 9.17) is 9.47 Å². The van der Waals surface area contributed by atoms with Crippen molar-refractivity contribution in [3.05, 3.63) is 41.4 Å². The lowest BCUT2D eigenvalue weighted by Crippen LogP contribution is -2.31. The van der Waals surface area contributed by atoms with E-state index >= 15 is 0 Å². The number of hydrogen-bond donors (Lipinski definition) is 2. The van der Waals surface area contributed by atoms with E-state index in [2.05, 4.69) is 15.6 Å². The lowest BCUT2D eigenvalue weighted by atomic mass is 10.2. The fourth-order valence-corrected chi connectivity index (χ4v) is 3.68. The van der Waals surface area contributed by atoms with E-state index < -0.39 is 6.04 Å². The molecular weight excluding hydrogens is 350 g/mol. The number of nitrogens with zero attached hydrogens (tertiary/aromatic N) is 1. The maximum atomic E-state index is 12.5. The third-order valence-corrected chi connectivity index (χ3v) is 5.02. The van der Waals surface area contributed by atoms with Crippen LogP contribution in [0.2, 0.25) is 0 Å². The molecule has 6 nitrogen and oxygen atoms in total. The minimum atomic E-state index is -0.394. The minimum Gasteiger partial charge on any atom is -0.486 e. The molecule has 0 saturated heterocycles. The largest absolute Gasteiger partial charge is 0.486 e. The number of ether oxygens (including phenoxy) is 2. The molecule has 1 aliphatic rings. The fraction of sp³-hybridized carbons (Fsp3) is 0.263. The lowest BCUT2D eigenvalue weighted by molar-refractivity contribution is -0.116. The Morgan fingerprint density at radius 3 is 2.73 bits per heavy atom. The number of aryl methyl sites for hydroxylation is 1. The summed E-state index contributed by atoms with van der Waals surface area (Å²) in [5.74, 6) is 1.23. The first-order valence-electron chi connectivity index (χ1n) is 8.43. The second-order valence-corrected chi connectivity index (χ2v) is 7.36. The molecule has 1 aliphatic heterocycles. The van der Waals surface area contributed by atoms with Crippen molar-refractivity contribution in [2.75, 3.05) is 23.8 Å². The first-order chi connectivity index (χ1) is 12.6. The summed E-state index contributed by atoms with van der Waals surface area (Å²) < 4.78 is 12.1. The molecule has 0 bridgehead atoms. The number of aromatic nitrogens is 1. The van der Waals surface area contributed by atoms with Crippen LogP contribution in [-0.2, 0) is 4.79 Å². The molecule has 0 radical (unpaired) electrons. The Morgan fingerprint density at radius 2 is 1.88 bits per heavy atom. The molecule has 2 aromatic carbocycles.